The van der Waals surface area contributed by atoms with Crippen molar-refractivity contribution in [1.29, 1.82) is 0 Å². The van der Waals surface area contributed by atoms with Crippen LogP contribution < -0.4 is 5.73 Å². The van der Waals surface area contributed by atoms with Gasteiger partial charge < -0.3 is 10.5 Å². The summed E-state index contributed by atoms with van der Waals surface area (Å²) >= 11 is 0. The highest BCUT2D eigenvalue weighted by Crippen LogP contribution is 2.21. The van der Waals surface area contributed by atoms with E-state index in [9.17, 15) is 19.2 Å². The first-order chi connectivity index (χ1) is 9.00. The van der Waals surface area contributed by atoms with Gasteiger partial charge in [0.2, 0.25) is 0 Å². The van der Waals surface area contributed by atoms with Crippen molar-refractivity contribution in [2.24, 2.45) is 5.73 Å². The number of amides is 3. The molecule has 0 fully saturated rings. The number of imide groups is 1. The molecule has 0 unspecified atom stereocenters. The van der Waals surface area contributed by atoms with E-state index in [4.69, 9.17) is 5.73 Å². The number of rotatable bonds is 4. The summed E-state index contributed by atoms with van der Waals surface area (Å²) in [6.07, 6.45) is 0. The van der Waals surface area contributed by atoms with E-state index in [0.29, 0.717) is 0 Å². The van der Waals surface area contributed by atoms with Crippen LogP contribution in [0.25, 0.3) is 0 Å². The number of carbonyl (C=O) groups is 4. The van der Waals surface area contributed by atoms with Crippen LogP contribution in [0.1, 0.15) is 20.7 Å². The van der Waals surface area contributed by atoms with Gasteiger partial charge in [0.05, 0.1) is 11.1 Å². The number of nitrogens with zero attached hydrogens (tertiary/aromatic N) is 1. The Bertz CT molecular complexity index is 546. The number of fused-ring (bicyclic) bond motifs is 1. The fourth-order valence-corrected chi connectivity index (χ4v) is 1.71. The highest BCUT2D eigenvalue weighted by molar-refractivity contribution is 6.22. The molecule has 0 bridgehead atoms. The molecular weight excluding hydrogens is 252 g/mol. The van der Waals surface area contributed by atoms with Crippen LogP contribution in [0, 0.1) is 0 Å². The topological polar surface area (TPSA) is 107 Å². The predicted octanol–water partition coefficient (Wildman–Crippen LogP) is -0.689. The molecule has 1 aliphatic rings. The van der Waals surface area contributed by atoms with Crippen molar-refractivity contribution < 1.29 is 23.9 Å². The molecule has 0 saturated carbocycles. The molecule has 0 saturated heterocycles. The van der Waals surface area contributed by atoms with Crippen molar-refractivity contribution in [3.8, 4) is 0 Å². The maximum atomic E-state index is 11.9. The van der Waals surface area contributed by atoms with Crippen molar-refractivity contribution in [2.75, 3.05) is 13.2 Å². The lowest BCUT2D eigenvalue weighted by molar-refractivity contribution is -0.147. The summed E-state index contributed by atoms with van der Waals surface area (Å²) in [6, 6.07) is 6.26. The first kappa shape index (κ1) is 12.7. The van der Waals surface area contributed by atoms with Crippen molar-refractivity contribution in [2.45, 2.75) is 0 Å². The molecule has 0 radical (unpaired) electrons. The second kappa shape index (κ2) is 4.89. The molecule has 1 aromatic rings. The van der Waals surface area contributed by atoms with Crippen molar-refractivity contribution in [3.63, 3.8) is 0 Å². The Morgan fingerprint density at radius 2 is 1.63 bits per heavy atom. The van der Waals surface area contributed by atoms with Crippen LogP contribution in [-0.4, -0.2) is 41.7 Å². The molecule has 1 heterocycles. The van der Waals surface area contributed by atoms with Crippen LogP contribution in [0.5, 0.6) is 0 Å². The summed E-state index contributed by atoms with van der Waals surface area (Å²) in [7, 11) is 0. The lowest BCUT2D eigenvalue weighted by Crippen LogP contribution is -2.36. The molecule has 0 spiro atoms. The zero-order valence-corrected chi connectivity index (χ0v) is 9.79. The summed E-state index contributed by atoms with van der Waals surface area (Å²) in [5, 5.41) is 0. The largest absolute Gasteiger partial charge is 0.454 e. The van der Waals surface area contributed by atoms with E-state index >= 15 is 0 Å². The lowest BCUT2D eigenvalue weighted by atomic mass is 10.1. The summed E-state index contributed by atoms with van der Waals surface area (Å²) in [4.78, 5) is 46.4. The minimum atomic E-state index is -0.867. The van der Waals surface area contributed by atoms with Crippen LogP contribution in [0.3, 0.4) is 0 Å². The van der Waals surface area contributed by atoms with Crippen LogP contribution in [0.4, 0.5) is 0 Å². The normalized spacial score (nSPS) is 13.4. The fraction of sp³-hybridized carbons (Fsp3) is 0.167. The minimum absolute atomic E-state index is 0.246. The third kappa shape index (κ3) is 2.44. The van der Waals surface area contributed by atoms with Gasteiger partial charge in [-0.1, -0.05) is 12.1 Å². The van der Waals surface area contributed by atoms with E-state index in [1.807, 2.05) is 0 Å². The zero-order chi connectivity index (χ0) is 14.0. The SMILES string of the molecule is NC(=O)COC(=O)CN1C(=O)c2ccccc2C1=O. The quantitative estimate of drug-likeness (QED) is 0.571. The van der Waals surface area contributed by atoms with Gasteiger partial charge in [0, 0.05) is 0 Å². The number of nitrogens with two attached hydrogens (primary N) is 1. The molecule has 0 atom stereocenters. The summed E-state index contributed by atoms with van der Waals surface area (Å²) < 4.78 is 4.50. The Morgan fingerprint density at radius 3 is 2.11 bits per heavy atom. The van der Waals surface area contributed by atoms with Crippen LogP contribution in [0.2, 0.25) is 0 Å². The highest BCUT2D eigenvalue weighted by Gasteiger charge is 2.36. The van der Waals surface area contributed by atoms with Crippen molar-refractivity contribution >= 4 is 23.7 Å². The molecule has 7 nitrogen and oxygen atoms in total. The third-order valence-corrected chi connectivity index (χ3v) is 2.54. The number of hydrogen-bond donors (Lipinski definition) is 1. The summed E-state index contributed by atoms with van der Waals surface area (Å²) in [5.41, 5.74) is 5.30. The molecule has 7 heteroatoms. The van der Waals surface area contributed by atoms with Crippen molar-refractivity contribution in [3.05, 3.63) is 35.4 Å². The first-order valence-electron chi connectivity index (χ1n) is 5.40. The van der Waals surface area contributed by atoms with E-state index in [1.54, 1.807) is 12.1 Å². The van der Waals surface area contributed by atoms with Gasteiger partial charge in [-0.25, -0.2) is 0 Å². The van der Waals surface area contributed by atoms with Gasteiger partial charge in [-0.3, -0.25) is 24.1 Å². The van der Waals surface area contributed by atoms with Crippen LogP contribution >= 0.6 is 0 Å². The smallest absolute Gasteiger partial charge is 0.326 e. The molecule has 19 heavy (non-hydrogen) atoms. The Morgan fingerprint density at radius 1 is 1.11 bits per heavy atom. The van der Waals surface area contributed by atoms with Gasteiger partial charge >= 0.3 is 5.97 Å². The van der Waals surface area contributed by atoms with Gasteiger partial charge in [-0.2, -0.15) is 0 Å². The second-order valence-electron chi connectivity index (χ2n) is 3.87. The third-order valence-electron chi connectivity index (χ3n) is 2.54. The van der Waals surface area contributed by atoms with Crippen molar-refractivity contribution in [1.82, 2.24) is 4.90 Å². The van der Waals surface area contributed by atoms with Crippen LogP contribution in [0.15, 0.2) is 24.3 Å². The molecule has 0 aromatic heterocycles. The number of benzene rings is 1. The Labute approximate surface area is 107 Å². The minimum Gasteiger partial charge on any atom is -0.454 e. The lowest BCUT2D eigenvalue weighted by Gasteiger charge is -2.12. The second-order valence-corrected chi connectivity index (χ2v) is 3.87. The highest BCUT2D eigenvalue weighted by atomic mass is 16.5. The molecule has 0 aliphatic carbocycles. The Balaban J connectivity index is 2.08. The molecule has 1 aliphatic heterocycles. The van der Waals surface area contributed by atoms with Gasteiger partial charge in [-0.05, 0) is 12.1 Å². The molecule has 2 rings (SSSR count). The van der Waals surface area contributed by atoms with E-state index in [0.717, 1.165) is 4.90 Å². The molecule has 3 amide bonds. The van der Waals surface area contributed by atoms with E-state index in [1.165, 1.54) is 12.1 Å². The Kier molecular flexibility index (Phi) is 3.28. The average molecular weight is 262 g/mol. The molecule has 2 N–H and O–H groups in total. The Hall–Kier alpha value is -2.70. The number of ether oxygens (including phenoxy) is 1. The summed E-state index contributed by atoms with van der Waals surface area (Å²) in [6.45, 7) is -1.12. The van der Waals surface area contributed by atoms with E-state index < -0.39 is 36.8 Å². The van der Waals surface area contributed by atoms with E-state index in [-0.39, 0.29) is 11.1 Å². The van der Waals surface area contributed by atoms with Gasteiger partial charge in [0.25, 0.3) is 17.7 Å². The molecule has 1 aromatic carbocycles. The van der Waals surface area contributed by atoms with Gasteiger partial charge in [-0.15, -0.1) is 0 Å². The van der Waals surface area contributed by atoms with E-state index in [2.05, 4.69) is 4.74 Å². The number of primary amides is 1. The monoisotopic (exact) mass is 262 g/mol. The maximum absolute atomic E-state index is 11.9. The standard InChI is InChI=1S/C12H10N2O5/c13-9(15)6-19-10(16)5-14-11(17)7-3-1-2-4-8(7)12(14)18/h1-4H,5-6H2,(H2,13,15). The number of hydrogen-bond acceptors (Lipinski definition) is 5. The first-order valence-corrected chi connectivity index (χ1v) is 5.40. The predicted molar refractivity (Wildman–Crippen MR) is 62.0 cm³/mol. The summed E-state index contributed by atoms with van der Waals surface area (Å²) in [5.74, 6) is -2.79. The van der Waals surface area contributed by atoms with Gasteiger partial charge in [0.1, 0.15) is 6.54 Å². The molecule has 98 valence electrons. The maximum Gasteiger partial charge on any atom is 0.326 e. The molecular formula is C12H10N2O5. The zero-order valence-electron chi connectivity index (χ0n) is 9.79. The number of esters is 1. The fourth-order valence-electron chi connectivity index (χ4n) is 1.71. The number of carbonyl (C=O) groups excluding carboxylic acids is 4. The van der Waals surface area contributed by atoms with Gasteiger partial charge in [0.15, 0.2) is 6.61 Å². The van der Waals surface area contributed by atoms with Crippen LogP contribution in [-0.2, 0) is 14.3 Å². The average Bonchev–Trinajstić information content (AvgIpc) is 2.62.